The molecular weight excluding hydrogens is 260 g/mol. The summed E-state index contributed by atoms with van der Waals surface area (Å²) in [5, 5.41) is 8.28. The number of nitrogens with zero attached hydrogens (tertiary/aromatic N) is 3. The molecule has 0 fully saturated rings. The summed E-state index contributed by atoms with van der Waals surface area (Å²) in [6, 6.07) is 4.57. The Hall–Kier alpha value is -1.68. The lowest BCUT2D eigenvalue weighted by atomic mass is 9.89. The quantitative estimate of drug-likeness (QED) is 0.939. The molecule has 21 heavy (non-hydrogen) atoms. The van der Waals surface area contributed by atoms with Gasteiger partial charge < -0.3 is 5.32 Å². The SMILES string of the molecule is CCNC(c1c(C)nn(C)c1C)C1CCc2cccnc21. The molecule has 1 aliphatic rings. The van der Waals surface area contributed by atoms with Gasteiger partial charge in [-0.3, -0.25) is 9.67 Å². The van der Waals surface area contributed by atoms with E-state index in [1.165, 1.54) is 22.5 Å². The van der Waals surface area contributed by atoms with E-state index in [1.54, 1.807) is 0 Å². The molecule has 0 aliphatic heterocycles. The van der Waals surface area contributed by atoms with Crippen molar-refractivity contribution in [2.45, 2.75) is 45.6 Å². The van der Waals surface area contributed by atoms with E-state index in [1.807, 2.05) is 24.0 Å². The lowest BCUT2D eigenvalue weighted by Crippen LogP contribution is -2.27. The highest BCUT2D eigenvalue weighted by molar-refractivity contribution is 5.36. The van der Waals surface area contributed by atoms with Crippen LogP contribution in [0.15, 0.2) is 18.3 Å². The molecule has 0 saturated heterocycles. The third kappa shape index (κ3) is 2.38. The first-order valence-electron chi connectivity index (χ1n) is 7.80. The summed E-state index contributed by atoms with van der Waals surface area (Å²) in [5.41, 5.74) is 6.41. The first-order chi connectivity index (χ1) is 10.1. The number of hydrogen-bond donors (Lipinski definition) is 1. The molecule has 0 radical (unpaired) electrons. The van der Waals surface area contributed by atoms with Crippen LogP contribution in [-0.2, 0) is 13.5 Å². The van der Waals surface area contributed by atoms with Crippen LogP contribution in [0.4, 0.5) is 0 Å². The molecule has 2 aromatic rings. The number of rotatable bonds is 4. The van der Waals surface area contributed by atoms with Gasteiger partial charge in [0.1, 0.15) is 0 Å². The van der Waals surface area contributed by atoms with Crippen molar-refractivity contribution in [2.24, 2.45) is 7.05 Å². The van der Waals surface area contributed by atoms with Crippen molar-refractivity contribution in [1.82, 2.24) is 20.1 Å². The van der Waals surface area contributed by atoms with Gasteiger partial charge in [-0.1, -0.05) is 13.0 Å². The number of fused-ring (bicyclic) bond motifs is 1. The molecule has 1 aliphatic carbocycles. The van der Waals surface area contributed by atoms with Gasteiger partial charge in [0.25, 0.3) is 0 Å². The second-order valence-electron chi connectivity index (χ2n) is 5.94. The third-order valence-electron chi connectivity index (χ3n) is 4.70. The molecule has 0 saturated carbocycles. The number of pyridine rings is 1. The average molecular weight is 284 g/mol. The molecule has 0 bridgehead atoms. The van der Waals surface area contributed by atoms with Crippen molar-refractivity contribution in [3.8, 4) is 0 Å². The standard InChI is InChI=1S/C17H24N4/c1-5-18-17(15-11(2)20-21(4)12(15)3)14-9-8-13-7-6-10-19-16(13)14/h6-7,10,14,17-18H,5,8-9H2,1-4H3. The molecule has 3 rings (SSSR count). The van der Waals surface area contributed by atoms with Gasteiger partial charge in [0.05, 0.1) is 5.69 Å². The second kappa shape index (κ2) is 5.60. The van der Waals surface area contributed by atoms with Gasteiger partial charge in [-0.2, -0.15) is 5.10 Å². The molecule has 0 aromatic carbocycles. The van der Waals surface area contributed by atoms with Crippen LogP contribution >= 0.6 is 0 Å². The van der Waals surface area contributed by atoms with Gasteiger partial charge in [-0.25, -0.2) is 0 Å². The molecule has 0 spiro atoms. The van der Waals surface area contributed by atoms with E-state index in [0.29, 0.717) is 12.0 Å². The first-order valence-corrected chi connectivity index (χ1v) is 7.80. The topological polar surface area (TPSA) is 42.7 Å². The Balaban J connectivity index is 2.04. The Morgan fingerprint density at radius 1 is 1.43 bits per heavy atom. The minimum atomic E-state index is 0.305. The third-order valence-corrected chi connectivity index (χ3v) is 4.70. The minimum absolute atomic E-state index is 0.305. The van der Waals surface area contributed by atoms with E-state index in [-0.39, 0.29) is 0 Å². The maximum Gasteiger partial charge on any atom is 0.0644 e. The predicted octanol–water partition coefficient (Wildman–Crippen LogP) is 2.81. The monoisotopic (exact) mass is 284 g/mol. The summed E-state index contributed by atoms with van der Waals surface area (Å²) in [6.45, 7) is 7.40. The first kappa shape index (κ1) is 14.3. The molecule has 2 atom stereocenters. The Morgan fingerprint density at radius 2 is 2.24 bits per heavy atom. The number of aryl methyl sites for hydroxylation is 3. The zero-order valence-electron chi connectivity index (χ0n) is 13.3. The molecular formula is C17H24N4. The highest BCUT2D eigenvalue weighted by atomic mass is 15.3. The van der Waals surface area contributed by atoms with Crippen LogP contribution < -0.4 is 5.32 Å². The molecule has 2 heterocycles. The zero-order chi connectivity index (χ0) is 15.0. The molecule has 4 heteroatoms. The van der Waals surface area contributed by atoms with Gasteiger partial charge in [-0.05, 0) is 44.9 Å². The number of hydrogen-bond acceptors (Lipinski definition) is 3. The van der Waals surface area contributed by atoms with Crippen molar-refractivity contribution < 1.29 is 0 Å². The molecule has 2 aromatic heterocycles. The summed E-state index contributed by atoms with van der Waals surface area (Å²) in [4.78, 5) is 4.67. The minimum Gasteiger partial charge on any atom is -0.310 e. The van der Waals surface area contributed by atoms with Crippen molar-refractivity contribution in [3.63, 3.8) is 0 Å². The maximum atomic E-state index is 4.67. The van der Waals surface area contributed by atoms with Gasteiger partial charge in [0, 0.05) is 42.2 Å². The Labute approximate surface area is 126 Å². The Kier molecular flexibility index (Phi) is 3.81. The lowest BCUT2D eigenvalue weighted by molar-refractivity contribution is 0.443. The fourth-order valence-corrected chi connectivity index (χ4v) is 3.67. The van der Waals surface area contributed by atoms with Crippen molar-refractivity contribution >= 4 is 0 Å². The highest BCUT2D eigenvalue weighted by Gasteiger charge is 2.34. The van der Waals surface area contributed by atoms with Gasteiger partial charge in [-0.15, -0.1) is 0 Å². The lowest BCUT2D eigenvalue weighted by Gasteiger charge is -2.25. The number of likely N-dealkylation sites (N-methyl/N-ethyl adjacent to an activating group) is 1. The summed E-state index contributed by atoms with van der Waals surface area (Å²) >= 11 is 0. The van der Waals surface area contributed by atoms with Gasteiger partial charge in [0.15, 0.2) is 0 Å². The van der Waals surface area contributed by atoms with E-state index in [4.69, 9.17) is 0 Å². The zero-order valence-corrected chi connectivity index (χ0v) is 13.3. The molecule has 2 unspecified atom stereocenters. The molecule has 112 valence electrons. The fraction of sp³-hybridized carbons (Fsp3) is 0.529. The van der Waals surface area contributed by atoms with E-state index in [9.17, 15) is 0 Å². The van der Waals surface area contributed by atoms with Crippen molar-refractivity contribution in [1.29, 1.82) is 0 Å². The van der Waals surface area contributed by atoms with Gasteiger partial charge >= 0.3 is 0 Å². The maximum absolute atomic E-state index is 4.67. The van der Waals surface area contributed by atoms with Crippen LogP contribution in [0.25, 0.3) is 0 Å². The van der Waals surface area contributed by atoms with Crippen molar-refractivity contribution in [3.05, 3.63) is 46.5 Å². The normalized spacial score (nSPS) is 18.8. The predicted molar refractivity (Wildman–Crippen MR) is 84.4 cm³/mol. The van der Waals surface area contributed by atoms with Crippen LogP contribution in [-0.4, -0.2) is 21.3 Å². The summed E-state index contributed by atoms with van der Waals surface area (Å²) in [6.07, 6.45) is 4.22. The Morgan fingerprint density at radius 3 is 2.90 bits per heavy atom. The number of nitrogens with one attached hydrogen (secondary N) is 1. The number of aromatic nitrogens is 3. The average Bonchev–Trinajstić information content (AvgIpc) is 2.99. The summed E-state index contributed by atoms with van der Waals surface area (Å²) in [7, 11) is 2.02. The van der Waals surface area contributed by atoms with E-state index < -0.39 is 0 Å². The largest absolute Gasteiger partial charge is 0.310 e. The Bertz CT molecular complexity index is 644. The molecule has 0 amide bonds. The molecule has 4 nitrogen and oxygen atoms in total. The summed E-state index contributed by atoms with van der Waals surface area (Å²) in [5.74, 6) is 0.447. The summed E-state index contributed by atoms with van der Waals surface area (Å²) < 4.78 is 1.99. The van der Waals surface area contributed by atoms with Crippen LogP contribution in [0.3, 0.4) is 0 Å². The highest BCUT2D eigenvalue weighted by Crippen LogP contribution is 2.41. The van der Waals surface area contributed by atoms with Gasteiger partial charge in [0.2, 0.25) is 0 Å². The second-order valence-corrected chi connectivity index (χ2v) is 5.94. The van der Waals surface area contributed by atoms with Crippen LogP contribution in [0, 0.1) is 13.8 Å². The van der Waals surface area contributed by atoms with E-state index in [0.717, 1.165) is 25.1 Å². The van der Waals surface area contributed by atoms with Crippen LogP contribution in [0.5, 0.6) is 0 Å². The van der Waals surface area contributed by atoms with Crippen LogP contribution in [0.2, 0.25) is 0 Å². The smallest absolute Gasteiger partial charge is 0.0644 e. The molecule has 1 N–H and O–H groups in total. The van der Waals surface area contributed by atoms with E-state index >= 15 is 0 Å². The fourth-order valence-electron chi connectivity index (χ4n) is 3.67. The van der Waals surface area contributed by atoms with Crippen molar-refractivity contribution in [2.75, 3.05) is 6.54 Å². The van der Waals surface area contributed by atoms with E-state index in [2.05, 4.69) is 42.2 Å². The van der Waals surface area contributed by atoms with Crippen LogP contribution in [0.1, 0.15) is 53.5 Å².